The predicted octanol–water partition coefficient (Wildman–Crippen LogP) is 2.33. The van der Waals surface area contributed by atoms with E-state index < -0.39 is 0 Å². The van der Waals surface area contributed by atoms with Gasteiger partial charge in [-0.25, -0.2) is 0 Å². The topological polar surface area (TPSA) is 40.7 Å². The molecule has 0 radical (unpaired) electrons. The van der Waals surface area contributed by atoms with Crippen molar-refractivity contribution in [1.82, 2.24) is 15.5 Å². The lowest BCUT2D eigenvalue weighted by Gasteiger charge is -2.26. The second-order valence-electron chi connectivity index (χ2n) is 4.88. The molecule has 0 spiro atoms. The molecule has 1 fully saturated rings. The number of aromatic amines is 1. The maximum atomic E-state index is 3.93. The van der Waals surface area contributed by atoms with Crippen molar-refractivity contribution >= 4 is 0 Å². The van der Waals surface area contributed by atoms with Crippen molar-refractivity contribution in [3.63, 3.8) is 0 Å². The van der Waals surface area contributed by atoms with Gasteiger partial charge in [-0.05, 0) is 31.2 Å². The molecule has 3 heteroatoms. The minimum absolute atomic E-state index is 0.889. The summed E-state index contributed by atoms with van der Waals surface area (Å²) in [7, 11) is 0. The number of hydrogen-bond donors (Lipinski definition) is 2. The summed E-state index contributed by atoms with van der Waals surface area (Å²) in [4.78, 5) is 0. The Balaban J connectivity index is 1.65. The maximum Gasteiger partial charge on any atom is 0.0532 e. The van der Waals surface area contributed by atoms with Crippen LogP contribution in [0.1, 0.15) is 38.2 Å². The van der Waals surface area contributed by atoms with Crippen LogP contribution in [0.4, 0.5) is 0 Å². The molecule has 2 atom stereocenters. The number of rotatable bonds is 4. The molecular weight excluding hydrogens is 186 g/mol. The maximum absolute atomic E-state index is 3.93. The molecular formula is C12H21N3. The van der Waals surface area contributed by atoms with Crippen LogP contribution >= 0.6 is 0 Å². The largest absolute Gasteiger partial charge is 0.312 e. The predicted molar refractivity (Wildman–Crippen MR) is 61.4 cm³/mol. The lowest BCUT2D eigenvalue weighted by Crippen LogP contribution is -2.26. The smallest absolute Gasteiger partial charge is 0.0532 e. The van der Waals surface area contributed by atoms with Crippen LogP contribution in [0.2, 0.25) is 0 Å². The summed E-state index contributed by atoms with van der Waals surface area (Å²) in [5.41, 5.74) is 1.25. The van der Waals surface area contributed by atoms with Crippen LogP contribution in [-0.2, 0) is 6.54 Å². The van der Waals surface area contributed by atoms with Gasteiger partial charge in [-0.3, -0.25) is 5.10 Å². The zero-order valence-electron chi connectivity index (χ0n) is 9.50. The molecule has 2 unspecified atom stereocenters. The Kier molecular flexibility index (Phi) is 3.78. The average Bonchev–Trinajstić information content (AvgIpc) is 2.71. The standard InChI is InChI=1S/C12H21N3/c1-10-3-2-4-11(5-10)6-13-7-12-8-14-15-9-12/h8-11,13H,2-7H2,1H3,(H,14,15). The fraction of sp³-hybridized carbons (Fsp3) is 0.750. The molecule has 0 aliphatic heterocycles. The zero-order chi connectivity index (χ0) is 10.5. The Morgan fingerprint density at radius 3 is 3.20 bits per heavy atom. The van der Waals surface area contributed by atoms with E-state index in [9.17, 15) is 0 Å². The number of H-pyrrole nitrogens is 1. The molecule has 84 valence electrons. The van der Waals surface area contributed by atoms with E-state index in [1.54, 1.807) is 0 Å². The molecule has 1 heterocycles. The summed E-state index contributed by atoms with van der Waals surface area (Å²) < 4.78 is 0. The van der Waals surface area contributed by atoms with Crippen LogP contribution in [0.25, 0.3) is 0 Å². The number of nitrogens with zero attached hydrogens (tertiary/aromatic N) is 1. The van der Waals surface area contributed by atoms with Crippen LogP contribution in [0, 0.1) is 11.8 Å². The molecule has 0 aromatic carbocycles. The molecule has 1 aromatic heterocycles. The third-order valence-corrected chi connectivity index (χ3v) is 3.36. The fourth-order valence-corrected chi connectivity index (χ4v) is 2.54. The Morgan fingerprint density at radius 1 is 1.53 bits per heavy atom. The Bertz CT molecular complexity index is 268. The third kappa shape index (κ3) is 3.34. The van der Waals surface area contributed by atoms with Gasteiger partial charge < -0.3 is 5.32 Å². The number of nitrogens with one attached hydrogen (secondary N) is 2. The van der Waals surface area contributed by atoms with Crippen molar-refractivity contribution in [2.45, 2.75) is 39.2 Å². The monoisotopic (exact) mass is 207 g/mol. The summed E-state index contributed by atoms with van der Waals surface area (Å²) in [6.45, 7) is 4.49. The van der Waals surface area contributed by atoms with Crippen molar-refractivity contribution in [3.05, 3.63) is 18.0 Å². The minimum Gasteiger partial charge on any atom is -0.312 e. The highest BCUT2D eigenvalue weighted by molar-refractivity contribution is 5.01. The van der Waals surface area contributed by atoms with Crippen molar-refractivity contribution in [1.29, 1.82) is 0 Å². The van der Waals surface area contributed by atoms with Crippen LogP contribution in [0.15, 0.2) is 12.4 Å². The van der Waals surface area contributed by atoms with Gasteiger partial charge in [-0.15, -0.1) is 0 Å². The van der Waals surface area contributed by atoms with Gasteiger partial charge >= 0.3 is 0 Å². The summed E-state index contributed by atoms with van der Waals surface area (Å²) in [5.74, 6) is 1.82. The first-order valence-electron chi connectivity index (χ1n) is 6.03. The highest BCUT2D eigenvalue weighted by atomic mass is 15.1. The quantitative estimate of drug-likeness (QED) is 0.795. The van der Waals surface area contributed by atoms with Crippen LogP contribution in [0.3, 0.4) is 0 Å². The molecule has 0 amide bonds. The molecule has 1 aliphatic rings. The van der Waals surface area contributed by atoms with Crippen molar-refractivity contribution in [2.24, 2.45) is 11.8 Å². The summed E-state index contributed by atoms with van der Waals surface area (Å²) in [5, 5.41) is 10.3. The second-order valence-corrected chi connectivity index (χ2v) is 4.88. The first kappa shape index (κ1) is 10.7. The van der Waals surface area contributed by atoms with E-state index in [1.165, 1.54) is 31.2 Å². The van der Waals surface area contributed by atoms with Crippen molar-refractivity contribution in [2.75, 3.05) is 6.54 Å². The minimum atomic E-state index is 0.889. The summed E-state index contributed by atoms with van der Waals surface area (Å²) in [6.07, 6.45) is 9.49. The lowest BCUT2D eigenvalue weighted by molar-refractivity contribution is 0.274. The molecule has 0 saturated heterocycles. The number of hydrogen-bond acceptors (Lipinski definition) is 2. The van der Waals surface area contributed by atoms with Gasteiger partial charge in [0.2, 0.25) is 0 Å². The van der Waals surface area contributed by atoms with E-state index in [4.69, 9.17) is 0 Å². The average molecular weight is 207 g/mol. The van der Waals surface area contributed by atoms with E-state index in [0.29, 0.717) is 0 Å². The van der Waals surface area contributed by atoms with Gasteiger partial charge in [0.05, 0.1) is 6.20 Å². The molecule has 2 rings (SSSR count). The van der Waals surface area contributed by atoms with Crippen molar-refractivity contribution < 1.29 is 0 Å². The van der Waals surface area contributed by atoms with Crippen molar-refractivity contribution in [3.8, 4) is 0 Å². The molecule has 3 nitrogen and oxygen atoms in total. The lowest BCUT2D eigenvalue weighted by atomic mass is 9.82. The Hall–Kier alpha value is -0.830. The summed E-state index contributed by atoms with van der Waals surface area (Å²) in [6, 6.07) is 0. The van der Waals surface area contributed by atoms with Gasteiger partial charge in [0, 0.05) is 18.3 Å². The molecule has 1 saturated carbocycles. The molecule has 1 aromatic rings. The first-order valence-corrected chi connectivity index (χ1v) is 6.03. The van der Waals surface area contributed by atoms with Crippen LogP contribution in [-0.4, -0.2) is 16.7 Å². The van der Waals surface area contributed by atoms with E-state index in [2.05, 4.69) is 22.4 Å². The third-order valence-electron chi connectivity index (χ3n) is 3.36. The van der Waals surface area contributed by atoms with E-state index in [0.717, 1.165) is 24.9 Å². The van der Waals surface area contributed by atoms with Gasteiger partial charge in [0.25, 0.3) is 0 Å². The molecule has 0 bridgehead atoms. The number of aromatic nitrogens is 2. The van der Waals surface area contributed by atoms with Gasteiger partial charge in [-0.2, -0.15) is 5.10 Å². The fourth-order valence-electron chi connectivity index (χ4n) is 2.54. The highest BCUT2D eigenvalue weighted by Crippen LogP contribution is 2.27. The van der Waals surface area contributed by atoms with Gasteiger partial charge in [0.1, 0.15) is 0 Å². The van der Waals surface area contributed by atoms with Crippen LogP contribution < -0.4 is 5.32 Å². The van der Waals surface area contributed by atoms with E-state index in [-0.39, 0.29) is 0 Å². The first-order chi connectivity index (χ1) is 7.34. The molecule has 15 heavy (non-hydrogen) atoms. The Morgan fingerprint density at radius 2 is 2.47 bits per heavy atom. The zero-order valence-corrected chi connectivity index (χ0v) is 9.50. The van der Waals surface area contributed by atoms with Gasteiger partial charge in [-0.1, -0.05) is 19.8 Å². The molecule has 2 N–H and O–H groups in total. The normalized spacial score (nSPS) is 26.7. The van der Waals surface area contributed by atoms with E-state index >= 15 is 0 Å². The SMILES string of the molecule is CC1CCCC(CNCc2cn[nH]c2)C1. The summed E-state index contributed by atoms with van der Waals surface area (Å²) >= 11 is 0. The Labute approximate surface area is 91.7 Å². The second kappa shape index (κ2) is 5.31. The molecule has 1 aliphatic carbocycles. The highest BCUT2D eigenvalue weighted by Gasteiger charge is 2.18. The van der Waals surface area contributed by atoms with Gasteiger partial charge in [0.15, 0.2) is 0 Å². The van der Waals surface area contributed by atoms with E-state index in [1.807, 2.05) is 12.4 Å². The van der Waals surface area contributed by atoms with Crippen LogP contribution in [0.5, 0.6) is 0 Å².